The van der Waals surface area contributed by atoms with Crippen LogP contribution in [0.2, 0.25) is 0 Å². The average Bonchev–Trinajstić information content (AvgIpc) is 3.36. The summed E-state index contributed by atoms with van der Waals surface area (Å²) in [4.78, 5) is 25.2. The van der Waals surface area contributed by atoms with E-state index in [1.165, 1.54) is 27.4 Å². The third kappa shape index (κ3) is 4.04. The minimum absolute atomic E-state index is 0.101. The molecule has 142 valence electrons. The molecule has 1 amide bonds. The number of ether oxygens (including phenoxy) is 1. The van der Waals surface area contributed by atoms with Gasteiger partial charge in [-0.2, -0.15) is 4.31 Å². The van der Waals surface area contributed by atoms with Crippen LogP contribution in [-0.4, -0.2) is 62.3 Å². The molecule has 1 saturated carbocycles. The van der Waals surface area contributed by atoms with Gasteiger partial charge >= 0.3 is 5.97 Å². The molecule has 2 aliphatic rings. The molecule has 1 heterocycles. The molecule has 3 rings (SSSR count). The number of nitrogens with zero attached hydrogens (tertiary/aromatic N) is 2. The fourth-order valence-corrected chi connectivity index (χ4v) is 4.39. The van der Waals surface area contributed by atoms with E-state index in [4.69, 9.17) is 4.74 Å². The van der Waals surface area contributed by atoms with Gasteiger partial charge in [0.15, 0.2) is 6.61 Å². The first-order chi connectivity index (χ1) is 12.3. The largest absolute Gasteiger partial charge is 0.455 e. The molecule has 7 nitrogen and oxygen atoms in total. The van der Waals surface area contributed by atoms with Crippen LogP contribution in [0.3, 0.4) is 0 Å². The number of carbonyl (C=O) groups is 2. The van der Waals surface area contributed by atoms with Crippen LogP contribution in [0.1, 0.15) is 13.3 Å². The molecular weight excluding hydrogens is 363 g/mol. The van der Waals surface area contributed by atoms with Crippen molar-refractivity contribution >= 4 is 21.9 Å². The topological polar surface area (TPSA) is 84.0 Å². The van der Waals surface area contributed by atoms with Crippen molar-refractivity contribution in [2.75, 3.05) is 32.8 Å². The number of rotatable bonds is 5. The van der Waals surface area contributed by atoms with Gasteiger partial charge in [-0.15, -0.1) is 0 Å². The van der Waals surface area contributed by atoms with Gasteiger partial charge in [0.1, 0.15) is 5.82 Å². The fraction of sp³-hybridized carbons (Fsp3) is 0.529. The van der Waals surface area contributed by atoms with E-state index in [0.717, 1.165) is 12.5 Å². The summed E-state index contributed by atoms with van der Waals surface area (Å²) in [5, 5.41) is 0. The maximum absolute atomic E-state index is 13.3. The molecule has 1 aliphatic carbocycles. The standard InChI is InChI=1S/C17H21FN2O5S/c1-12-9-15(12)17(22)25-11-16(21)19-5-7-20(8-6-19)26(23,24)14-4-2-3-13(18)10-14/h2-4,10,12,15H,5-9,11H2,1H3/t12-,15-/m1/s1. The van der Waals surface area contributed by atoms with Crippen molar-refractivity contribution in [3.8, 4) is 0 Å². The highest BCUT2D eigenvalue weighted by Crippen LogP contribution is 2.38. The first kappa shape index (κ1) is 18.8. The van der Waals surface area contributed by atoms with Crippen LogP contribution in [0.4, 0.5) is 4.39 Å². The van der Waals surface area contributed by atoms with Crippen LogP contribution in [0.15, 0.2) is 29.2 Å². The Labute approximate surface area is 151 Å². The van der Waals surface area contributed by atoms with Gasteiger partial charge in [-0.3, -0.25) is 9.59 Å². The van der Waals surface area contributed by atoms with Gasteiger partial charge in [0, 0.05) is 26.2 Å². The number of carbonyl (C=O) groups excluding carboxylic acids is 2. The Morgan fingerprint density at radius 3 is 2.46 bits per heavy atom. The van der Waals surface area contributed by atoms with Crippen molar-refractivity contribution in [1.82, 2.24) is 9.21 Å². The minimum Gasteiger partial charge on any atom is -0.455 e. The number of halogens is 1. The normalized spacial score (nSPS) is 23.5. The summed E-state index contributed by atoms with van der Waals surface area (Å²) in [5.41, 5.74) is 0. The number of piperazine rings is 1. The van der Waals surface area contributed by atoms with Crippen molar-refractivity contribution in [2.45, 2.75) is 18.2 Å². The van der Waals surface area contributed by atoms with E-state index in [2.05, 4.69) is 0 Å². The fourth-order valence-electron chi connectivity index (χ4n) is 2.94. The highest BCUT2D eigenvalue weighted by atomic mass is 32.2. The first-order valence-corrected chi connectivity index (χ1v) is 9.93. The van der Waals surface area contributed by atoms with E-state index in [1.807, 2.05) is 6.92 Å². The van der Waals surface area contributed by atoms with Crippen molar-refractivity contribution in [2.24, 2.45) is 11.8 Å². The summed E-state index contributed by atoms with van der Waals surface area (Å²) in [6, 6.07) is 4.84. The molecule has 0 bridgehead atoms. The number of hydrogen-bond donors (Lipinski definition) is 0. The van der Waals surface area contributed by atoms with Crippen LogP contribution in [0.25, 0.3) is 0 Å². The predicted molar refractivity (Wildman–Crippen MR) is 90.0 cm³/mol. The highest BCUT2D eigenvalue weighted by molar-refractivity contribution is 7.89. The molecule has 9 heteroatoms. The zero-order valence-electron chi connectivity index (χ0n) is 14.4. The molecule has 1 aliphatic heterocycles. The third-order valence-corrected chi connectivity index (χ3v) is 6.67. The van der Waals surface area contributed by atoms with Gasteiger partial charge in [-0.25, -0.2) is 12.8 Å². The Bertz CT molecular complexity index is 805. The number of esters is 1. The van der Waals surface area contributed by atoms with E-state index < -0.39 is 15.8 Å². The van der Waals surface area contributed by atoms with E-state index in [-0.39, 0.29) is 55.5 Å². The summed E-state index contributed by atoms with van der Waals surface area (Å²) in [6.07, 6.45) is 0.795. The lowest BCUT2D eigenvalue weighted by atomic mass is 10.3. The summed E-state index contributed by atoms with van der Waals surface area (Å²) < 4.78 is 44.6. The van der Waals surface area contributed by atoms with Gasteiger partial charge in [-0.05, 0) is 30.5 Å². The van der Waals surface area contributed by atoms with Crippen LogP contribution in [0.5, 0.6) is 0 Å². The maximum Gasteiger partial charge on any atom is 0.309 e. The third-order valence-electron chi connectivity index (χ3n) is 4.78. The molecule has 1 aromatic carbocycles. The quantitative estimate of drug-likeness (QED) is 0.703. The van der Waals surface area contributed by atoms with Gasteiger partial charge in [0.25, 0.3) is 5.91 Å². The number of amides is 1. The molecule has 1 saturated heterocycles. The van der Waals surface area contributed by atoms with E-state index in [0.29, 0.717) is 5.92 Å². The summed E-state index contributed by atoms with van der Waals surface area (Å²) in [6.45, 7) is 2.25. The number of benzene rings is 1. The van der Waals surface area contributed by atoms with Crippen LogP contribution in [-0.2, 0) is 24.3 Å². The molecule has 1 aromatic rings. The van der Waals surface area contributed by atoms with Crippen molar-refractivity contribution in [3.05, 3.63) is 30.1 Å². The molecule has 0 unspecified atom stereocenters. The lowest BCUT2D eigenvalue weighted by Gasteiger charge is -2.33. The second-order valence-corrected chi connectivity index (χ2v) is 8.61. The van der Waals surface area contributed by atoms with E-state index >= 15 is 0 Å². The zero-order valence-corrected chi connectivity index (χ0v) is 15.2. The predicted octanol–water partition coefficient (Wildman–Crippen LogP) is 0.858. The molecule has 0 spiro atoms. The zero-order chi connectivity index (χ0) is 18.9. The van der Waals surface area contributed by atoms with Crippen molar-refractivity contribution in [1.29, 1.82) is 0 Å². The molecule has 2 atom stereocenters. The van der Waals surface area contributed by atoms with Crippen LogP contribution >= 0.6 is 0 Å². The Morgan fingerprint density at radius 2 is 1.88 bits per heavy atom. The van der Waals surface area contributed by atoms with Gasteiger partial charge in [0.05, 0.1) is 10.8 Å². The SMILES string of the molecule is C[C@@H]1C[C@H]1C(=O)OCC(=O)N1CCN(S(=O)(=O)c2cccc(F)c2)CC1. The summed E-state index contributed by atoms with van der Waals surface area (Å²) in [5.74, 6) is -1.09. The Balaban J connectivity index is 1.52. The lowest BCUT2D eigenvalue weighted by Crippen LogP contribution is -2.51. The number of hydrogen-bond acceptors (Lipinski definition) is 5. The second kappa shape index (κ2) is 7.32. The molecule has 2 fully saturated rings. The number of sulfonamides is 1. The molecule has 0 aromatic heterocycles. The smallest absolute Gasteiger partial charge is 0.309 e. The van der Waals surface area contributed by atoms with Gasteiger partial charge in [0.2, 0.25) is 10.0 Å². The van der Waals surface area contributed by atoms with Crippen LogP contribution in [0, 0.1) is 17.7 Å². The van der Waals surface area contributed by atoms with Crippen molar-refractivity contribution < 1.29 is 27.1 Å². The minimum atomic E-state index is -3.80. The average molecular weight is 384 g/mol. The lowest BCUT2D eigenvalue weighted by molar-refractivity contribution is -0.153. The Hall–Kier alpha value is -2.00. The molecule has 0 N–H and O–H groups in total. The summed E-state index contributed by atoms with van der Waals surface area (Å²) in [7, 11) is -3.80. The maximum atomic E-state index is 13.3. The van der Waals surface area contributed by atoms with Crippen LogP contribution < -0.4 is 0 Å². The first-order valence-electron chi connectivity index (χ1n) is 8.49. The molecule has 26 heavy (non-hydrogen) atoms. The van der Waals surface area contributed by atoms with E-state index in [9.17, 15) is 22.4 Å². The Morgan fingerprint density at radius 1 is 1.23 bits per heavy atom. The molecular formula is C17H21FN2O5S. The van der Waals surface area contributed by atoms with E-state index in [1.54, 1.807) is 0 Å². The molecule has 0 radical (unpaired) electrons. The second-order valence-electron chi connectivity index (χ2n) is 6.67. The van der Waals surface area contributed by atoms with Gasteiger partial charge in [-0.1, -0.05) is 13.0 Å². The summed E-state index contributed by atoms with van der Waals surface area (Å²) >= 11 is 0. The van der Waals surface area contributed by atoms with Crippen molar-refractivity contribution in [3.63, 3.8) is 0 Å². The highest BCUT2D eigenvalue weighted by Gasteiger charge is 2.41. The Kier molecular flexibility index (Phi) is 5.29. The van der Waals surface area contributed by atoms with Gasteiger partial charge < -0.3 is 9.64 Å². The monoisotopic (exact) mass is 384 g/mol.